The summed E-state index contributed by atoms with van der Waals surface area (Å²) in [5.74, 6) is 0. The molecule has 3 aromatic rings. The molecule has 154 valence electrons. The molecule has 2 aliphatic heterocycles. The molecule has 2 aromatic heterocycles. The molecule has 6 heteroatoms. The van der Waals surface area contributed by atoms with E-state index in [-0.39, 0.29) is 0 Å². The number of benzene rings is 1. The molecule has 5 nitrogen and oxygen atoms in total. The average molecular weight is 420 g/mol. The van der Waals surface area contributed by atoms with Crippen LogP contribution in [0.4, 0.5) is 0 Å². The first-order valence-electron chi connectivity index (χ1n) is 10.5. The normalized spacial score (nSPS) is 16.2. The zero-order valence-electron chi connectivity index (χ0n) is 17.5. The van der Waals surface area contributed by atoms with Gasteiger partial charge in [-0.15, -0.1) is 0 Å². The highest BCUT2D eigenvalue weighted by atomic mass is 35.5. The van der Waals surface area contributed by atoms with Gasteiger partial charge in [0, 0.05) is 23.4 Å². The van der Waals surface area contributed by atoms with Gasteiger partial charge in [0.2, 0.25) is 0 Å². The van der Waals surface area contributed by atoms with Crippen LogP contribution < -0.4 is 5.32 Å². The molecule has 0 saturated carbocycles. The van der Waals surface area contributed by atoms with Crippen LogP contribution >= 0.6 is 11.6 Å². The van der Waals surface area contributed by atoms with Gasteiger partial charge in [-0.1, -0.05) is 54.1 Å². The molecule has 0 radical (unpaired) electrons. The second-order valence-electron chi connectivity index (χ2n) is 8.20. The van der Waals surface area contributed by atoms with Crippen molar-refractivity contribution in [2.24, 2.45) is 0 Å². The first kappa shape index (κ1) is 19.3. The monoisotopic (exact) mass is 419 g/mol. The molecule has 1 aromatic carbocycles. The lowest BCUT2D eigenvalue weighted by molar-refractivity contribution is 0.417. The SMILES string of the molecule is C=C(c1ccccc1C=C1CCNCC1)N1Cc2nn3c(C)c(Cl)c(C)nc3c2C1. The third-order valence-electron chi connectivity index (χ3n) is 6.21. The summed E-state index contributed by atoms with van der Waals surface area (Å²) in [5, 5.41) is 8.92. The first-order valence-corrected chi connectivity index (χ1v) is 10.9. The average Bonchev–Trinajstić information content (AvgIpc) is 3.32. The van der Waals surface area contributed by atoms with Crippen molar-refractivity contribution >= 4 is 29.0 Å². The topological polar surface area (TPSA) is 45.5 Å². The highest BCUT2D eigenvalue weighted by molar-refractivity contribution is 6.31. The Morgan fingerprint density at radius 3 is 2.73 bits per heavy atom. The molecule has 0 bridgehead atoms. The van der Waals surface area contributed by atoms with Crippen LogP contribution in [0.2, 0.25) is 5.02 Å². The van der Waals surface area contributed by atoms with Gasteiger partial charge in [0.1, 0.15) is 0 Å². The number of hydrogen-bond acceptors (Lipinski definition) is 4. The Morgan fingerprint density at radius 1 is 1.17 bits per heavy atom. The predicted octanol–water partition coefficient (Wildman–Crippen LogP) is 4.75. The van der Waals surface area contributed by atoms with Crippen molar-refractivity contribution in [2.45, 2.75) is 39.8 Å². The van der Waals surface area contributed by atoms with Crippen LogP contribution in [-0.2, 0) is 13.1 Å². The van der Waals surface area contributed by atoms with Gasteiger partial charge in [-0.2, -0.15) is 5.10 Å². The van der Waals surface area contributed by atoms with Gasteiger partial charge < -0.3 is 10.2 Å². The van der Waals surface area contributed by atoms with Crippen molar-refractivity contribution < 1.29 is 0 Å². The summed E-state index contributed by atoms with van der Waals surface area (Å²) in [5.41, 5.74) is 9.90. The van der Waals surface area contributed by atoms with E-state index in [0.717, 1.165) is 67.4 Å². The van der Waals surface area contributed by atoms with Crippen LogP contribution in [0.1, 0.15) is 46.6 Å². The summed E-state index contributed by atoms with van der Waals surface area (Å²) < 4.78 is 1.88. The van der Waals surface area contributed by atoms with Gasteiger partial charge in [-0.3, -0.25) is 0 Å². The summed E-state index contributed by atoms with van der Waals surface area (Å²) in [6, 6.07) is 8.56. The van der Waals surface area contributed by atoms with Crippen LogP contribution in [0.3, 0.4) is 0 Å². The maximum atomic E-state index is 6.38. The molecule has 30 heavy (non-hydrogen) atoms. The molecular formula is C24H26ClN5. The lowest BCUT2D eigenvalue weighted by Crippen LogP contribution is -2.23. The number of hydrogen-bond donors (Lipinski definition) is 1. The van der Waals surface area contributed by atoms with Gasteiger partial charge in [0.05, 0.1) is 28.6 Å². The summed E-state index contributed by atoms with van der Waals surface area (Å²) in [7, 11) is 0. The Morgan fingerprint density at radius 2 is 1.93 bits per heavy atom. The summed E-state index contributed by atoms with van der Waals surface area (Å²) in [4.78, 5) is 7.03. The number of halogens is 1. The zero-order chi connectivity index (χ0) is 20.8. The fourth-order valence-corrected chi connectivity index (χ4v) is 4.59. The lowest BCUT2D eigenvalue weighted by Gasteiger charge is -2.23. The maximum absolute atomic E-state index is 6.38. The lowest BCUT2D eigenvalue weighted by atomic mass is 9.98. The van der Waals surface area contributed by atoms with E-state index >= 15 is 0 Å². The van der Waals surface area contributed by atoms with E-state index < -0.39 is 0 Å². The predicted molar refractivity (Wildman–Crippen MR) is 122 cm³/mol. The number of fused-ring (bicyclic) bond motifs is 3. The second-order valence-corrected chi connectivity index (χ2v) is 8.58. The molecule has 0 amide bonds. The van der Waals surface area contributed by atoms with E-state index in [1.807, 2.05) is 18.4 Å². The maximum Gasteiger partial charge on any atom is 0.160 e. The Bertz CT molecular complexity index is 1180. The molecule has 2 aliphatic rings. The number of piperidine rings is 1. The minimum atomic E-state index is 0.685. The van der Waals surface area contributed by atoms with Crippen molar-refractivity contribution in [1.29, 1.82) is 0 Å². The molecule has 1 saturated heterocycles. The van der Waals surface area contributed by atoms with Gasteiger partial charge in [-0.05, 0) is 45.3 Å². The first-order chi connectivity index (χ1) is 14.5. The molecule has 0 unspecified atom stereocenters. The Hall–Kier alpha value is -2.63. The third-order valence-corrected chi connectivity index (χ3v) is 6.76. The number of nitrogens with one attached hydrogen (secondary N) is 1. The van der Waals surface area contributed by atoms with Crippen molar-refractivity contribution in [3.8, 4) is 0 Å². The molecular weight excluding hydrogens is 394 g/mol. The number of aromatic nitrogens is 3. The fraction of sp³-hybridized carbons (Fsp3) is 0.333. The van der Waals surface area contributed by atoms with E-state index in [2.05, 4.69) is 47.1 Å². The summed E-state index contributed by atoms with van der Waals surface area (Å²) >= 11 is 6.38. The smallest absolute Gasteiger partial charge is 0.160 e. The van der Waals surface area contributed by atoms with E-state index in [4.69, 9.17) is 21.7 Å². The van der Waals surface area contributed by atoms with E-state index in [9.17, 15) is 0 Å². The highest BCUT2D eigenvalue weighted by Gasteiger charge is 2.28. The fourth-order valence-electron chi connectivity index (χ4n) is 4.47. The molecule has 4 heterocycles. The van der Waals surface area contributed by atoms with Crippen LogP contribution in [-0.4, -0.2) is 32.6 Å². The number of nitrogens with zero attached hydrogens (tertiary/aromatic N) is 4. The largest absolute Gasteiger partial charge is 0.361 e. The van der Waals surface area contributed by atoms with Crippen molar-refractivity contribution in [2.75, 3.05) is 13.1 Å². The third kappa shape index (κ3) is 3.22. The second kappa shape index (κ2) is 7.56. The Labute approximate surface area is 182 Å². The molecule has 1 N–H and O–H groups in total. The highest BCUT2D eigenvalue weighted by Crippen LogP contribution is 2.34. The minimum absolute atomic E-state index is 0.685. The van der Waals surface area contributed by atoms with E-state index in [1.165, 1.54) is 22.3 Å². The van der Waals surface area contributed by atoms with Crippen LogP contribution in [0.25, 0.3) is 17.4 Å². The summed E-state index contributed by atoms with van der Waals surface area (Å²) in [6.07, 6.45) is 4.57. The van der Waals surface area contributed by atoms with E-state index in [0.29, 0.717) is 5.02 Å². The van der Waals surface area contributed by atoms with Crippen molar-refractivity contribution in [1.82, 2.24) is 24.8 Å². The number of rotatable bonds is 3. The zero-order valence-corrected chi connectivity index (χ0v) is 18.3. The van der Waals surface area contributed by atoms with Gasteiger partial charge in [0.15, 0.2) is 5.65 Å². The minimum Gasteiger partial charge on any atom is -0.361 e. The molecule has 5 rings (SSSR count). The van der Waals surface area contributed by atoms with Crippen molar-refractivity contribution in [3.63, 3.8) is 0 Å². The van der Waals surface area contributed by atoms with Gasteiger partial charge >= 0.3 is 0 Å². The Kier molecular flexibility index (Phi) is 4.88. The van der Waals surface area contributed by atoms with Gasteiger partial charge in [-0.25, -0.2) is 9.50 Å². The van der Waals surface area contributed by atoms with Crippen molar-refractivity contribution in [3.05, 3.63) is 75.2 Å². The summed E-state index contributed by atoms with van der Waals surface area (Å²) in [6.45, 7) is 12.0. The van der Waals surface area contributed by atoms with Crippen LogP contribution in [0, 0.1) is 13.8 Å². The quantitative estimate of drug-likeness (QED) is 0.665. The Balaban J connectivity index is 1.45. The van der Waals surface area contributed by atoms with Crippen LogP contribution in [0.5, 0.6) is 0 Å². The molecule has 1 fully saturated rings. The molecule has 0 spiro atoms. The van der Waals surface area contributed by atoms with E-state index in [1.54, 1.807) is 0 Å². The number of aryl methyl sites for hydroxylation is 2. The molecule has 0 aliphatic carbocycles. The van der Waals surface area contributed by atoms with Gasteiger partial charge in [0.25, 0.3) is 0 Å². The molecule has 0 atom stereocenters. The standard InChI is InChI=1S/C24H26ClN5/c1-15-23(25)17(3)30-24(27-15)21-13-29(14-22(21)28-30)16(2)20-7-5-4-6-19(20)12-18-8-10-26-11-9-18/h4-7,12,26H,2,8-11,13-14H2,1,3H3. The van der Waals surface area contributed by atoms with Crippen LogP contribution in [0.15, 0.2) is 36.4 Å².